The number of H-pyrrole nitrogens is 2. The third-order valence-corrected chi connectivity index (χ3v) is 3.73. The van der Waals surface area contributed by atoms with Crippen molar-refractivity contribution >= 4 is 35.3 Å². The van der Waals surface area contributed by atoms with E-state index in [1.165, 1.54) is 4.21 Å². The first-order valence-electron chi connectivity index (χ1n) is 3.64. The number of hydrogen-bond acceptors (Lipinski definition) is 4. The van der Waals surface area contributed by atoms with Crippen LogP contribution in [-0.2, 0) is 5.75 Å². The minimum Gasteiger partial charge on any atom is -0.285 e. The molecular weight excluding hydrogens is 222 g/mol. The highest BCUT2D eigenvalue weighted by Gasteiger charge is 1.98. The van der Waals surface area contributed by atoms with Crippen molar-refractivity contribution in [2.24, 2.45) is 0 Å². The van der Waals surface area contributed by atoms with Gasteiger partial charge in [-0.15, -0.1) is 23.1 Å². The van der Waals surface area contributed by atoms with Crippen molar-refractivity contribution in [2.75, 3.05) is 0 Å². The van der Waals surface area contributed by atoms with Gasteiger partial charge in [0, 0.05) is 0 Å². The number of aromatic nitrogens is 3. The third-order valence-electron chi connectivity index (χ3n) is 1.40. The highest BCUT2D eigenvalue weighted by Crippen LogP contribution is 2.25. The summed E-state index contributed by atoms with van der Waals surface area (Å²) in [6.45, 7) is 0. The second kappa shape index (κ2) is 4.08. The third kappa shape index (κ3) is 2.43. The van der Waals surface area contributed by atoms with Gasteiger partial charge in [-0.1, -0.05) is 6.07 Å². The Labute approximate surface area is 88.6 Å². The lowest BCUT2D eigenvalue weighted by Gasteiger charge is -1.92. The maximum Gasteiger partial charge on any atom is 0.213 e. The molecule has 0 aliphatic carbocycles. The standard InChI is InChI=1S/C7H7N3S3/c11-7-8-5(9-10-7)4-13-6-2-1-3-12-6/h1-3H,4H2,(H2,8,9,10,11). The Morgan fingerprint density at radius 3 is 3.08 bits per heavy atom. The fourth-order valence-corrected chi connectivity index (χ4v) is 2.67. The normalized spacial score (nSPS) is 10.5. The molecule has 0 aliphatic rings. The van der Waals surface area contributed by atoms with Gasteiger partial charge < -0.3 is 0 Å². The van der Waals surface area contributed by atoms with Crippen molar-refractivity contribution in [1.82, 2.24) is 15.2 Å². The Hall–Kier alpha value is -0.590. The molecule has 2 N–H and O–H groups in total. The molecule has 0 atom stereocenters. The number of thiophene rings is 1. The Morgan fingerprint density at radius 2 is 2.46 bits per heavy atom. The fourth-order valence-electron chi connectivity index (χ4n) is 0.858. The Bertz CT molecular complexity index is 414. The second-order valence-corrected chi connectivity index (χ2v) is 4.94. The molecule has 0 saturated carbocycles. The van der Waals surface area contributed by atoms with E-state index in [9.17, 15) is 0 Å². The number of aromatic amines is 2. The SMILES string of the molecule is S=c1nc(CSc2cccs2)[nH][nH]1. The lowest BCUT2D eigenvalue weighted by molar-refractivity contribution is 1.02. The first-order chi connectivity index (χ1) is 6.34. The smallest absolute Gasteiger partial charge is 0.213 e. The molecule has 0 unspecified atom stereocenters. The number of nitrogens with zero attached hydrogens (tertiary/aromatic N) is 1. The van der Waals surface area contributed by atoms with Crippen LogP contribution < -0.4 is 0 Å². The van der Waals surface area contributed by atoms with E-state index in [0.717, 1.165) is 11.6 Å². The van der Waals surface area contributed by atoms with E-state index in [1.54, 1.807) is 23.1 Å². The Kier molecular flexibility index (Phi) is 2.82. The average molecular weight is 229 g/mol. The van der Waals surface area contributed by atoms with Crippen molar-refractivity contribution in [3.63, 3.8) is 0 Å². The molecule has 68 valence electrons. The lowest BCUT2D eigenvalue weighted by atomic mass is 10.7. The summed E-state index contributed by atoms with van der Waals surface area (Å²) in [5.41, 5.74) is 0. The highest BCUT2D eigenvalue weighted by molar-refractivity contribution is 8.00. The van der Waals surface area contributed by atoms with Crippen LogP contribution in [0.3, 0.4) is 0 Å². The van der Waals surface area contributed by atoms with E-state index in [-0.39, 0.29) is 0 Å². The molecule has 0 aliphatic heterocycles. The number of hydrogen-bond donors (Lipinski definition) is 2. The van der Waals surface area contributed by atoms with Crippen LogP contribution in [0.4, 0.5) is 0 Å². The summed E-state index contributed by atoms with van der Waals surface area (Å²) in [4.78, 5) is 4.10. The monoisotopic (exact) mass is 229 g/mol. The van der Waals surface area contributed by atoms with Gasteiger partial charge in [-0.3, -0.25) is 10.2 Å². The van der Waals surface area contributed by atoms with Crippen molar-refractivity contribution in [1.29, 1.82) is 0 Å². The predicted octanol–water partition coefficient (Wildman–Crippen LogP) is 2.82. The molecule has 0 amide bonds. The molecule has 0 radical (unpaired) electrons. The van der Waals surface area contributed by atoms with Crippen LogP contribution in [0, 0.1) is 4.77 Å². The van der Waals surface area contributed by atoms with Gasteiger partial charge in [0.1, 0.15) is 5.82 Å². The first kappa shape index (κ1) is 8.98. The molecular formula is C7H7N3S3. The van der Waals surface area contributed by atoms with E-state index in [2.05, 4.69) is 26.6 Å². The zero-order valence-corrected chi connectivity index (χ0v) is 9.06. The minimum atomic E-state index is 0.516. The van der Waals surface area contributed by atoms with Crippen molar-refractivity contribution in [3.05, 3.63) is 28.1 Å². The number of nitrogens with one attached hydrogen (secondary N) is 2. The maximum absolute atomic E-state index is 4.84. The summed E-state index contributed by atoms with van der Waals surface area (Å²) >= 11 is 8.33. The zero-order chi connectivity index (χ0) is 9.10. The van der Waals surface area contributed by atoms with Gasteiger partial charge >= 0.3 is 0 Å². The Morgan fingerprint density at radius 1 is 1.54 bits per heavy atom. The van der Waals surface area contributed by atoms with Gasteiger partial charge in [-0.2, -0.15) is 0 Å². The van der Waals surface area contributed by atoms with Crippen LogP contribution in [0.2, 0.25) is 0 Å². The largest absolute Gasteiger partial charge is 0.285 e. The molecule has 2 rings (SSSR count). The Balaban J connectivity index is 1.97. The number of rotatable bonds is 3. The maximum atomic E-state index is 4.84. The summed E-state index contributed by atoms with van der Waals surface area (Å²) in [6, 6.07) is 4.14. The van der Waals surface area contributed by atoms with E-state index >= 15 is 0 Å². The summed E-state index contributed by atoms with van der Waals surface area (Å²) in [5, 5.41) is 7.74. The predicted molar refractivity (Wildman–Crippen MR) is 57.7 cm³/mol. The van der Waals surface area contributed by atoms with E-state index < -0.39 is 0 Å². The zero-order valence-electron chi connectivity index (χ0n) is 6.61. The van der Waals surface area contributed by atoms with E-state index in [4.69, 9.17) is 12.2 Å². The summed E-state index contributed by atoms with van der Waals surface area (Å²) in [5.74, 6) is 1.72. The van der Waals surface area contributed by atoms with Gasteiger partial charge in [0.2, 0.25) is 4.77 Å². The van der Waals surface area contributed by atoms with E-state index in [0.29, 0.717) is 4.77 Å². The molecule has 0 fully saturated rings. The first-order valence-corrected chi connectivity index (χ1v) is 5.92. The van der Waals surface area contributed by atoms with Crippen LogP contribution in [-0.4, -0.2) is 15.2 Å². The summed E-state index contributed by atoms with van der Waals surface area (Å²) < 4.78 is 1.81. The van der Waals surface area contributed by atoms with Crippen LogP contribution in [0.15, 0.2) is 21.7 Å². The molecule has 13 heavy (non-hydrogen) atoms. The summed E-state index contributed by atoms with van der Waals surface area (Å²) in [6.07, 6.45) is 0. The van der Waals surface area contributed by atoms with Gasteiger partial charge in [0.15, 0.2) is 0 Å². The minimum absolute atomic E-state index is 0.516. The second-order valence-electron chi connectivity index (χ2n) is 2.33. The van der Waals surface area contributed by atoms with Crippen molar-refractivity contribution in [2.45, 2.75) is 9.96 Å². The average Bonchev–Trinajstić information content (AvgIpc) is 2.71. The molecule has 0 saturated heterocycles. The van der Waals surface area contributed by atoms with Gasteiger partial charge in [0.05, 0.1) is 9.96 Å². The topological polar surface area (TPSA) is 44.5 Å². The van der Waals surface area contributed by atoms with Crippen LogP contribution >= 0.6 is 35.3 Å². The van der Waals surface area contributed by atoms with Crippen molar-refractivity contribution < 1.29 is 0 Å². The fraction of sp³-hybridized carbons (Fsp3) is 0.143. The van der Waals surface area contributed by atoms with Crippen LogP contribution in [0.5, 0.6) is 0 Å². The van der Waals surface area contributed by atoms with Gasteiger partial charge in [-0.25, -0.2) is 4.98 Å². The highest BCUT2D eigenvalue weighted by atomic mass is 32.2. The summed E-state index contributed by atoms with van der Waals surface area (Å²) in [7, 11) is 0. The van der Waals surface area contributed by atoms with Gasteiger partial charge in [-0.05, 0) is 23.7 Å². The quantitative estimate of drug-likeness (QED) is 0.628. The van der Waals surface area contributed by atoms with Gasteiger partial charge in [0.25, 0.3) is 0 Å². The molecule has 2 aromatic heterocycles. The molecule has 0 aromatic carbocycles. The van der Waals surface area contributed by atoms with Crippen LogP contribution in [0.25, 0.3) is 0 Å². The van der Waals surface area contributed by atoms with Crippen LogP contribution in [0.1, 0.15) is 5.82 Å². The molecule has 3 nitrogen and oxygen atoms in total. The molecule has 2 heterocycles. The lowest BCUT2D eigenvalue weighted by Crippen LogP contribution is -1.81. The molecule has 2 aromatic rings. The molecule has 6 heteroatoms. The van der Waals surface area contributed by atoms with Crippen molar-refractivity contribution in [3.8, 4) is 0 Å². The molecule has 0 bridgehead atoms. The number of thioether (sulfide) groups is 1. The molecule has 0 spiro atoms. The van der Waals surface area contributed by atoms with E-state index in [1.807, 2.05) is 6.07 Å².